The first-order chi connectivity index (χ1) is 7.46. The van der Waals surface area contributed by atoms with E-state index in [1.54, 1.807) is 6.20 Å². The number of hydrogen-bond donors (Lipinski definition) is 1. The van der Waals surface area contributed by atoms with Crippen molar-refractivity contribution < 1.29 is 0 Å². The van der Waals surface area contributed by atoms with E-state index < -0.39 is 0 Å². The average Bonchev–Trinajstić information content (AvgIpc) is 2.15. The number of halogens is 1. The summed E-state index contributed by atoms with van der Waals surface area (Å²) in [6.45, 7) is 6.40. The monoisotopic (exact) mass is 234 g/mol. The molecule has 1 N–H and O–H groups in total. The Balaban J connectivity index is 2.54. The number of rotatable bonds is 1. The molecule has 0 spiro atoms. The molecule has 0 aliphatic carbocycles. The Bertz CT molecular complexity index is 515. The number of anilines is 1. The minimum Gasteiger partial charge on any atom is -0.380 e. The second kappa shape index (κ2) is 3.95. The third kappa shape index (κ3) is 2.45. The number of aromatic nitrogens is 1. The predicted molar refractivity (Wildman–Crippen MR) is 70.1 cm³/mol. The fourth-order valence-electron chi connectivity index (χ4n) is 1.63. The highest BCUT2D eigenvalue weighted by Crippen LogP contribution is 2.26. The van der Waals surface area contributed by atoms with Crippen LogP contribution in [-0.4, -0.2) is 10.5 Å². The summed E-state index contributed by atoms with van der Waals surface area (Å²) in [6, 6.07) is 7.75. The van der Waals surface area contributed by atoms with Crippen LogP contribution in [-0.2, 0) is 0 Å². The van der Waals surface area contributed by atoms with Crippen LogP contribution in [0.1, 0.15) is 20.8 Å². The van der Waals surface area contributed by atoms with Crippen LogP contribution in [0.3, 0.4) is 0 Å². The molecule has 2 nitrogen and oxygen atoms in total. The van der Waals surface area contributed by atoms with Crippen molar-refractivity contribution in [2.24, 2.45) is 0 Å². The summed E-state index contributed by atoms with van der Waals surface area (Å²) < 4.78 is 0. The average molecular weight is 235 g/mol. The van der Waals surface area contributed by atoms with Crippen LogP contribution in [0.15, 0.2) is 30.5 Å². The first kappa shape index (κ1) is 11.2. The Hall–Kier alpha value is -1.28. The zero-order valence-corrected chi connectivity index (χ0v) is 10.5. The molecule has 0 amide bonds. The number of pyridine rings is 1. The third-order valence-electron chi connectivity index (χ3n) is 2.21. The Kier molecular flexibility index (Phi) is 2.76. The number of benzene rings is 1. The van der Waals surface area contributed by atoms with Crippen molar-refractivity contribution in [3.63, 3.8) is 0 Å². The molecule has 0 radical (unpaired) electrons. The van der Waals surface area contributed by atoms with Gasteiger partial charge < -0.3 is 5.32 Å². The molecule has 0 bridgehead atoms. The molecule has 0 aliphatic heterocycles. The van der Waals surface area contributed by atoms with Crippen LogP contribution in [0.25, 0.3) is 10.9 Å². The standard InChI is InChI=1S/C13H15ClN2/c1-13(2,3)16-11-6-7-15-12-8-9(14)4-5-10(11)12/h4-8H,1-3H3,(H,15,16). The lowest BCUT2D eigenvalue weighted by Gasteiger charge is -2.23. The van der Waals surface area contributed by atoms with Crippen molar-refractivity contribution in [3.05, 3.63) is 35.5 Å². The first-order valence-corrected chi connectivity index (χ1v) is 5.66. The van der Waals surface area contributed by atoms with E-state index in [9.17, 15) is 0 Å². The molecule has 0 aliphatic rings. The van der Waals surface area contributed by atoms with Gasteiger partial charge in [-0.25, -0.2) is 0 Å². The van der Waals surface area contributed by atoms with Crippen molar-refractivity contribution in [2.75, 3.05) is 5.32 Å². The van der Waals surface area contributed by atoms with Gasteiger partial charge in [0.2, 0.25) is 0 Å². The van der Waals surface area contributed by atoms with Crippen molar-refractivity contribution in [2.45, 2.75) is 26.3 Å². The van der Waals surface area contributed by atoms with E-state index in [1.807, 2.05) is 24.3 Å². The third-order valence-corrected chi connectivity index (χ3v) is 2.45. The summed E-state index contributed by atoms with van der Waals surface area (Å²) in [5.74, 6) is 0. The van der Waals surface area contributed by atoms with Gasteiger partial charge >= 0.3 is 0 Å². The van der Waals surface area contributed by atoms with Crippen LogP contribution in [0.5, 0.6) is 0 Å². The molecule has 0 saturated carbocycles. The van der Waals surface area contributed by atoms with Crippen molar-refractivity contribution >= 4 is 28.2 Å². The molecule has 84 valence electrons. The van der Waals surface area contributed by atoms with Gasteiger partial charge in [-0.2, -0.15) is 0 Å². The van der Waals surface area contributed by atoms with E-state index >= 15 is 0 Å². The van der Waals surface area contributed by atoms with Gasteiger partial charge in [0.15, 0.2) is 0 Å². The van der Waals surface area contributed by atoms with Crippen molar-refractivity contribution in [1.29, 1.82) is 0 Å². The zero-order valence-electron chi connectivity index (χ0n) is 9.71. The largest absolute Gasteiger partial charge is 0.380 e. The van der Waals surface area contributed by atoms with Crippen LogP contribution in [0.4, 0.5) is 5.69 Å². The van der Waals surface area contributed by atoms with Crippen LogP contribution in [0.2, 0.25) is 5.02 Å². The minimum atomic E-state index is 0.0356. The minimum absolute atomic E-state index is 0.0356. The van der Waals surface area contributed by atoms with E-state index in [0.717, 1.165) is 16.6 Å². The Morgan fingerprint density at radius 1 is 1.19 bits per heavy atom. The second-order valence-corrected chi connectivity index (χ2v) is 5.33. The molecular weight excluding hydrogens is 220 g/mol. The van der Waals surface area contributed by atoms with Gasteiger partial charge in [-0.15, -0.1) is 0 Å². The maximum absolute atomic E-state index is 5.94. The molecule has 0 saturated heterocycles. The SMILES string of the molecule is CC(C)(C)Nc1ccnc2cc(Cl)ccc12. The molecule has 2 aromatic rings. The van der Waals surface area contributed by atoms with E-state index in [4.69, 9.17) is 11.6 Å². The summed E-state index contributed by atoms with van der Waals surface area (Å²) in [5, 5.41) is 5.28. The Morgan fingerprint density at radius 2 is 1.94 bits per heavy atom. The molecule has 1 aromatic heterocycles. The van der Waals surface area contributed by atoms with Crippen molar-refractivity contribution in [3.8, 4) is 0 Å². The van der Waals surface area contributed by atoms with Crippen LogP contribution >= 0.6 is 11.6 Å². The van der Waals surface area contributed by atoms with Gasteiger partial charge in [0.05, 0.1) is 5.52 Å². The van der Waals surface area contributed by atoms with Gasteiger partial charge in [-0.05, 0) is 45.0 Å². The van der Waals surface area contributed by atoms with Gasteiger partial charge in [-0.1, -0.05) is 11.6 Å². The van der Waals surface area contributed by atoms with Crippen LogP contribution < -0.4 is 5.32 Å². The van der Waals surface area contributed by atoms with Crippen LogP contribution in [0, 0.1) is 0 Å². The zero-order chi connectivity index (χ0) is 11.8. The predicted octanol–water partition coefficient (Wildman–Crippen LogP) is 4.10. The topological polar surface area (TPSA) is 24.9 Å². The molecule has 1 aromatic carbocycles. The first-order valence-electron chi connectivity index (χ1n) is 5.28. The van der Waals surface area contributed by atoms with Gasteiger partial charge in [0, 0.05) is 27.8 Å². The van der Waals surface area contributed by atoms with Crippen molar-refractivity contribution in [1.82, 2.24) is 4.98 Å². The van der Waals surface area contributed by atoms with Gasteiger partial charge in [0.1, 0.15) is 0 Å². The molecule has 2 rings (SSSR count). The number of nitrogens with one attached hydrogen (secondary N) is 1. The molecule has 1 heterocycles. The molecule has 0 unspecified atom stereocenters. The fourth-order valence-corrected chi connectivity index (χ4v) is 1.80. The Morgan fingerprint density at radius 3 is 2.62 bits per heavy atom. The van der Waals surface area contributed by atoms with E-state index in [2.05, 4.69) is 31.1 Å². The Labute approximate surface area is 101 Å². The maximum atomic E-state index is 5.94. The lowest BCUT2D eigenvalue weighted by Crippen LogP contribution is -2.26. The molecular formula is C13H15ClN2. The number of nitrogens with zero attached hydrogens (tertiary/aromatic N) is 1. The molecule has 0 atom stereocenters. The van der Waals surface area contributed by atoms with Gasteiger partial charge in [-0.3, -0.25) is 4.98 Å². The van der Waals surface area contributed by atoms with E-state index in [-0.39, 0.29) is 5.54 Å². The quantitative estimate of drug-likeness (QED) is 0.804. The highest BCUT2D eigenvalue weighted by Gasteiger charge is 2.11. The van der Waals surface area contributed by atoms with E-state index in [1.165, 1.54) is 0 Å². The normalized spacial score (nSPS) is 11.8. The highest BCUT2D eigenvalue weighted by atomic mass is 35.5. The maximum Gasteiger partial charge on any atom is 0.0737 e. The molecule has 16 heavy (non-hydrogen) atoms. The summed E-state index contributed by atoms with van der Waals surface area (Å²) in [4.78, 5) is 4.31. The number of fused-ring (bicyclic) bond motifs is 1. The lowest BCUT2D eigenvalue weighted by molar-refractivity contribution is 0.635. The smallest absolute Gasteiger partial charge is 0.0737 e. The fraction of sp³-hybridized carbons (Fsp3) is 0.308. The second-order valence-electron chi connectivity index (χ2n) is 4.89. The van der Waals surface area contributed by atoms with E-state index in [0.29, 0.717) is 5.02 Å². The van der Waals surface area contributed by atoms with Gasteiger partial charge in [0.25, 0.3) is 0 Å². The summed E-state index contributed by atoms with van der Waals surface area (Å²) in [5.41, 5.74) is 2.05. The summed E-state index contributed by atoms with van der Waals surface area (Å²) in [6.07, 6.45) is 1.80. The lowest BCUT2D eigenvalue weighted by atomic mass is 10.1. The molecule has 0 fully saturated rings. The number of hydrogen-bond acceptors (Lipinski definition) is 2. The summed E-state index contributed by atoms with van der Waals surface area (Å²) in [7, 11) is 0. The summed E-state index contributed by atoms with van der Waals surface area (Å²) >= 11 is 5.94. The highest BCUT2D eigenvalue weighted by molar-refractivity contribution is 6.31. The molecule has 3 heteroatoms.